The zero-order valence-electron chi connectivity index (χ0n) is 10.9. The van der Waals surface area contributed by atoms with Crippen molar-refractivity contribution in [2.24, 2.45) is 0 Å². The van der Waals surface area contributed by atoms with Crippen LogP contribution in [0.5, 0.6) is 0 Å². The summed E-state index contributed by atoms with van der Waals surface area (Å²) in [5.74, 6) is 0. The van der Waals surface area contributed by atoms with Gasteiger partial charge in [-0.3, -0.25) is 0 Å². The summed E-state index contributed by atoms with van der Waals surface area (Å²) in [7, 11) is 0. The predicted octanol–water partition coefficient (Wildman–Crippen LogP) is 4.26. The normalized spacial score (nSPS) is 12.3. The lowest BCUT2D eigenvalue weighted by molar-refractivity contribution is 0.220. The topological polar surface area (TPSA) is 38.1 Å². The van der Waals surface area contributed by atoms with E-state index in [4.69, 9.17) is 23.2 Å². The van der Waals surface area contributed by atoms with Crippen molar-refractivity contribution in [1.29, 1.82) is 0 Å². The summed E-state index contributed by atoms with van der Waals surface area (Å²) >= 11 is 12.1. The van der Waals surface area contributed by atoms with Crippen LogP contribution in [0.15, 0.2) is 60.9 Å². The highest BCUT2D eigenvalue weighted by Gasteiger charge is 2.16. The van der Waals surface area contributed by atoms with Crippen LogP contribution in [0.1, 0.15) is 17.2 Å². The Balaban J connectivity index is 1.94. The molecule has 3 aromatic rings. The van der Waals surface area contributed by atoms with Crippen LogP contribution in [0.25, 0.3) is 5.69 Å². The Bertz CT molecular complexity index is 756. The van der Waals surface area contributed by atoms with E-state index < -0.39 is 6.10 Å². The number of benzene rings is 2. The van der Waals surface area contributed by atoms with Crippen LogP contribution in [0.2, 0.25) is 10.0 Å². The average Bonchev–Trinajstić information content (AvgIpc) is 3.00. The fourth-order valence-corrected chi connectivity index (χ4v) is 2.51. The lowest BCUT2D eigenvalue weighted by Crippen LogP contribution is -1.99. The summed E-state index contributed by atoms with van der Waals surface area (Å²) in [5, 5.41) is 15.7. The number of hydrogen-bond donors (Lipinski definition) is 1. The Hall–Kier alpha value is -1.81. The van der Waals surface area contributed by atoms with E-state index in [9.17, 15) is 5.11 Å². The smallest absolute Gasteiger partial charge is 0.109 e. The van der Waals surface area contributed by atoms with E-state index in [-0.39, 0.29) is 0 Å². The molecule has 3 nitrogen and oxygen atoms in total. The average molecular weight is 319 g/mol. The first-order chi connectivity index (χ1) is 10.1. The summed E-state index contributed by atoms with van der Waals surface area (Å²) in [6.45, 7) is 0. The van der Waals surface area contributed by atoms with Gasteiger partial charge in [0.2, 0.25) is 0 Å². The Morgan fingerprint density at radius 1 is 1.05 bits per heavy atom. The van der Waals surface area contributed by atoms with Gasteiger partial charge in [-0.05, 0) is 30.3 Å². The molecule has 0 bridgehead atoms. The molecular formula is C16H12Cl2N2O. The lowest BCUT2D eigenvalue weighted by Gasteiger charge is -2.11. The molecule has 1 heterocycles. The molecule has 0 spiro atoms. The monoisotopic (exact) mass is 318 g/mol. The largest absolute Gasteiger partial charge is 0.383 e. The number of rotatable bonds is 3. The molecule has 0 saturated heterocycles. The number of aromatic nitrogens is 2. The highest BCUT2D eigenvalue weighted by Crippen LogP contribution is 2.30. The van der Waals surface area contributed by atoms with Crippen LogP contribution in [0, 0.1) is 0 Å². The van der Waals surface area contributed by atoms with Crippen LogP contribution in [-0.2, 0) is 0 Å². The molecule has 2 aromatic carbocycles. The second-order valence-corrected chi connectivity index (χ2v) is 5.47. The van der Waals surface area contributed by atoms with Gasteiger partial charge >= 0.3 is 0 Å². The Morgan fingerprint density at radius 2 is 1.81 bits per heavy atom. The van der Waals surface area contributed by atoms with Crippen molar-refractivity contribution >= 4 is 23.2 Å². The van der Waals surface area contributed by atoms with Crippen molar-refractivity contribution in [2.45, 2.75) is 6.10 Å². The number of para-hydroxylation sites is 1. The minimum absolute atomic E-state index is 0.472. The van der Waals surface area contributed by atoms with Crippen molar-refractivity contribution in [3.63, 3.8) is 0 Å². The lowest BCUT2D eigenvalue weighted by atomic mass is 10.0. The maximum absolute atomic E-state index is 10.5. The van der Waals surface area contributed by atoms with Gasteiger partial charge in [-0.15, -0.1) is 0 Å². The van der Waals surface area contributed by atoms with Gasteiger partial charge in [0.25, 0.3) is 0 Å². The first-order valence-electron chi connectivity index (χ1n) is 6.38. The fraction of sp³-hybridized carbons (Fsp3) is 0.0625. The maximum atomic E-state index is 10.5. The second-order valence-electron chi connectivity index (χ2n) is 4.62. The minimum atomic E-state index is -0.867. The van der Waals surface area contributed by atoms with Gasteiger partial charge in [-0.25, -0.2) is 4.68 Å². The number of aliphatic hydroxyl groups excluding tert-OH is 1. The third kappa shape index (κ3) is 2.95. The van der Waals surface area contributed by atoms with Gasteiger partial charge < -0.3 is 5.11 Å². The highest BCUT2D eigenvalue weighted by atomic mass is 35.5. The minimum Gasteiger partial charge on any atom is -0.383 e. The molecule has 106 valence electrons. The maximum Gasteiger partial charge on any atom is 0.109 e. The Morgan fingerprint density at radius 3 is 2.57 bits per heavy atom. The third-order valence-corrected chi connectivity index (χ3v) is 3.77. The molecule has 21 heavy (non-hydrogen) atoms. The third-order valence-electron chi connectivity index (χ3n) is 3.19. The zero-order valence-corrected chi connectivity index (χ0v) is 12.5. The summed E-state index contributed by atoms with van der Waals surface area (Å²) in [5.41, 5.74) is 2.15. The van der Waals surface area contributed by atoms with Gasteiger partial charge in [0, 0.05) is 27.4 Å². The summed E-state index contributed by atoms with van der Waals surface area (Å²) in [4.78, 5) is 0. The van der Waals surface area contributed by atoms with Gasteiger partial charge in [-0.2, -0.15) is 5.10 Å². The fourth-order valence-electron chi connectivity index (χ4n) is 2.10. The molecular weight excluding hydrogens is 307 g/mol. The molecule has 1 unspecified atom stereocenters. The highest BCUT2D eigenvalue weighted by molar-refractivity contribution is 6.33. The van der Waals surface area contributed by atoms with Gasteiger partial charge in [0.15, 0.2) is 0 Å². The molecule has 5 heteroatoms. The van der Waals surface area contributed by atoms with E-state index >= 15 is 0 Å². The quantitative estimate of drug-likeness (QED) is 0.783. The number of hydrogen-bond acceptors (Lipinski definition) is 2. The van der Waals surface area contributed by atoms with Crippen molar-refractivity contribution < 1.29 is 5.11 Å². The van der Waals surface area contributed by atoms with E-state index in [1.165, 1.54) is 0 Å². The summed E-state index contributed by atoms with van der Waals surface area (Å²) in [6.07, 6.45) is 2.53. The van der Waals surface area contributed by atoms with Crippen LogP contribution in [-0.4, -0.2) is 14.9 Å². The van der Waals surface area contributed by atoms with Crippen LogP contribution in [0.3, 0.4) is 0 Å². The molecule has 0 radical (unpaired) electrons. The number of nitrogens with zero attached hydrogens (tertiary/aromatic N) is 2. The molecule has 1 atom stereocenters. The number of halogens is 2. The van der Waals surface area contributed by atoms with E-state index in [2.05, 4.69) is 5.10 Å². The first kappa shape index (κ1) is 14.1. The van der Waals surface area contributed by atoms with E-state index in [1.807, 2.05) is 30.3 Å². The molecule has 0 fully saturated rings. The van der Waals surface area contributed by atoms with Crippen molar-refractivity contribution in [2.75, 3.05) is 0 Å². The molecule has 0 aliphatic carbocycles. The first-order valence-corrected chi connectivity index (χ1v) is 7.14. The Labute approximate surface area is 132 Å². The van der Waals surface area contributed by atoms with E-state index in [1.54, 1.807) is 35.3 Å². The summed E-state index contributed by atoms with van der Waals surface area (Å²) in [6, 6.07) is 14.7. The predicted molar refractivity (Wildman–Crippen MR) is 84.1 cm³/mol. The second kappa shape index (κ2) is 5.90. The molecule has 1 N–H and O–H groups in total. The molecule has 0 saturated carbocycles. The van der Waals surface area contributed by atoms with Crippen LogP contribution >= 0.6 is 23.2 Å². The van der Waals surface area contributed by atoms with E-state index in [0.717, 1.165) is 5.69 Å². The van der Waals surface area contributed by atoms with E-state index in [0.29, 0.717) is 21.2 Å². The molecule has 0 amide bonds. The molecule has 3 rings (SSSR count). The molecule has 0 aliphatic heterocycles. The van der Waals surface area contributed by atoms with Gasteiger partial charge in [-0.1, -0.05) is 41.4 Å². The van der Waals surface area contributed by atoms with Crippen molar-refractivity contribution in [3.05, 3.63) is 82.1 Å². The zero-order chi connectivity index (χ0) is 14.8. The van der Waals surface area contributed by atoms with Gasteiger partial charge in [0.1, 0.15) is 6.10 Å². The van der Waals surface area contributed by atoms with Crippen molar-refractivity contribution in [3.8, 4) is 5.69 Å². The summed E-state index contributed by atoms with van der Waals surface area (Å²) < 4.78 is 1.71. The number of aliphatic hydroxyl groups is 1. The SMILES string of the molecule is OC(c1cnn(-c2ccccc2)c1)c1cc(Cl)ccc1Cl. The Kier molecular flexibility index (Phi) is 3.97. The van der Waals surface area contributed by atoms with Crippen LogP contribution in [0.4, 0.5) is 0 Å². The van der Waals surface area contributed by atoms with Crippen LogP contribution < -0.4 is 0 Å². The molecule has 0 aliphatic rings. The standard InChI is InChI=1S/C16H12Cl2N2O/c17-12-6-7-15(18)14(8-12)16(21)11-9-19-20(10-11)13-4-2-1-3-5-13/h1-10,16,21H. The van der Waals surface area contributed by atoms with Crippen molar-refractivity contribution in [1.82, 2.24) is 9.78 Å². The molecule has 1 aromatic heterocycles. The van der Waals surface area contributed by atoms with Gasteiger partial charge in [0.05, 0.1) is 11.9 Å².